The molecule has 0 fully saturated rings. The summed E-state index contributed by atoms with van der Waals surface area (Å²) in [5.41, 5.74) is 3.00. The van der Waals surface area contributed by atoms with Gasteiger partial charge in [-0.2, -0.15) is 5.26 Å². The summed E-state index contributed by atoms with van der Waals surface area (Å²) >= 11 is 0. The second-order valence-corrected chi connectivity index (χ2v) is 4.68. The molecular formula is C15H17NO2. The Morgan fingerprint density at radius 1 is 1.39 bits per heavy atom. The second-order valence-electron chi connectivity index (χ2n) is 4.68. The maximum absolute atomic E-state index is 9.12. The van der Waals surface area contributed by atoms with Crippen LogP contribution < -0.4 is 0 Å². The molecule has 0 aliphatic carbocycles. The second kappa shape index (κ2) is 5.24. The summed E-state index contributed by atoms with van der Waals surface area (Å²) < 4.78 is 10.7. The van der Waals surface area contributed by atoms with Gasteiger partial charge in [0.05, 0.1) is 6.61 Å². The number of hydrogen-bond acceptors (Lipinski definition) is 3. The van der Waals surface area contributed by atoms with E-state index in [0.29, 0.717) is 12.4 Å². The third kappa shape index (κ3) is 2.25. The predicted octanol–water partition coefficient (Wildman–Crippen LogP) is 3.62. The highest BCUT2D eigenvalue weighted by molar-refractivity contribution is 5.84. The van der Waals surface area contributed by atoms with E-state index in [1.165, 1.54) is 5.56 Å². The van der Waals surface area contributed by atoms with Crippen molar-refractivity contribution in [2.45, 2.75) is 26.2 Å². The highest BCUT2D eigenvalue weighted by atomic mass is 16.5. The van der Waals surface area contributed by atoms with E-state index >= 15 is 0 Å². The van der Waals surface area contributed by atoms with Gasteiger partial charge in [-0.15, -0.1) is 0 Å². The van der Waals surface area contributed by atoms with Crippen molar-refractivity contribution in [3.05, 3.63) is 35.1 Å². The molecule has 0 unspecified atom stereocenters. The van der Waals surface area contributed by atoms with E-state index in [0.717, 1.165) is 23.0 Å². The van der Waals surface area contributed by atoms with Crippen LogP contribution in [0.1, 0.15) is 36.7 Å². The Balaban J connectivity index is 2.53. The quantitative estimate of drug-likeness (QED) is 0.824. The zero-order chi connectivity index (χ0) is 13.1. The fourth-order valence-corrected chi connectivity index (χ4v) is 2.20. The Labute approximate surface area is 107 Å². The summed E-state index contributed by atoms with van der Waals surface area (Å²) in [6.07, 6.45) is 0.872. The molecule has 0 atom stereocenters. The number of fused-ring (bicyclic) bond motifs is 1. The van der Waals surface area contributed by atoms with Crippen molar-refractivity contribution in [2.24, 2.45) is 0 Å². The lowest BCUT2D eigenvalue weighted by Gasteiger charge is -2.04. The van der Waals surface area contributed by atoms with Crippen LogP contribution in [0, 0.1) is 11.3 Å². The average molecular weight is 243 g/mol. The Kier molecular flexibility index (Phi) is 3.69. The van der Waals surface area contributed by atoms with Gasteiger partial charge in [0.2, 0.25) is 5.76 Å². The Hall–Kier alpha value is -1.79. The summed E-state index contributed by atoms with van der Waals surface area (Å²) in [4.78, 5) is 0. The lowest BCUT2D eigenvalue weighted by atomic mass is 9.98. The van der Waals surface area contributed by atoms with E-state index in [-0.39, 0.29) is 5.92 Å². The normalized spacial score (nSPS) is 11.1. The van der Waals surface area contributed by atoms with E-state index in [4.69, 9.17) is 14.4 Å². The van der Waals surface area contributed by atoms with Crippen LogP contribution >= 0.6 is 0 Å². The first-order valence-corrected chi connectivity index (χ1v) is 6.11. The lowest BCUT2D eigenvalue weighted by Crippen LogP contribution is -1.94. The Morgan fingerprint density at radius 3 is 2.78 bits per heavy atom. The van der Waals surface area contributed by atoms with Gasteiger partial charge in [-0.1, -0.05) is 19.9 Å². The van der Waals surface area contributed by atoms with Gasteiger partial charge in [-0.05, 0) is 30.0 Å². The van der Waals surface area contributed by atoms with Crippen molar-refractivity contribution in [2.75, 3.05) is 13.7 Å². The number of furan rings is 1. The van der Waals surface area contributed by atoms with E-state index in [9.17, 15) is 0 Å². The highest BCUT2D eigenvalue weighted by Gasteiger charge is 2.16. The summed E-state index contributed by atoms with van der Waals surface area (Å²) in [5.74, 6) is 0.711. The van der Waals surface area contributed by atoms with Crippen molar-refractivity contribution in [1.29, 1.82) is 5.26 Å². The molecule has 3 heteroatoms. The third-order valence-corrected chi connectivity index (χ3v) is 3.06. The zero-order valence-corrected chi connectivity index (χ0v) is 11.0. The van der Waals surface area contributed by atoms with Crippen molar-refractivity contribution < 1.29 is 9.15 Å². The van der Waals surface area contributed by atoms with Crippen LogP contribution in [0.4, 0.5) is 0 Å². The zero-order valence-electron chi connectivity index (χ0n) is 11.0. The van der Waals surface area contributed by atoms with Crippen LogP contribution in [-0.4, -0.2) is 13.7 Å². The summed E-state index contributed by atoms with van der Waals surface area (Å²) in [6, 6.07) is 8.20. The standard InChI is InChI=1S/C15H17NO2/c1-10(2)15-12-8-11(6-7-17-3)4-5-13(12)18-14(15)9-16/h4-5,8,10H,6-7H2,1-3H3. The van der Waals surface area contributed by atoms with E-state index < -0.39 is 0 Å². The first-order chi connectivity index (χ1) is 8.67. The molecule has 0 aliphatic rings. The van der Waals surface area contributed by atoms with Crippen LogP contribution in [0.25, 0.3) is 11.0 Å². The van der Waals surface area contributed by atoms with Crippen molar-refractivity contribution in [3.8, 4) is 6.07 Å². The maximum Gasteiger partial charge on any atom is 0.208 e. The molecule has 94 valence electrons. The fraction of sp³-hybridized carbons (Fsp3) is 0.400. The molecule has 2 rings (SSSR count). The van der Waals surface area contributed by atoms with Gasteiger partial charge in [-0.3, -0.25) is 0 Å². The molecule has 0 spiro atoms. The minimum Gasteiger partial charge on any atom is -0.445 e. The van der Waals surface area contributed by atoms with Gasteiger partial charge in [0.25, 0.3) is 0 Å². The fourth-order valence-electron chi connectivity index (χ4n) is 2.20. The van der Waals surface area contributed by atoms with Crippen LogP contribution in [-0.2, 0) is 11.2 Å². The van der Waals surface area contributed by atoms with E-state index in [1.807, 2.05) is 12.1 Å². The predicted molar refractivity (Wildman–Crippen MR) is 70.6 cm³/mol. The van der Waals surface area contributed by atoms with Gasteiger partial charge >= 0.3 is 0 Å². The number of nitrogens with zero attached hydrogens (tertiary/aromatic N) is 1. The topological polar surface area (TPSA) is 46.2 Å². The van der Waals surface area contributed by atoms with E-state index in [2.05, 4.69) is 26.0 Å². The SMILES string of the molecule is COCCc1ccc2oc(C#N)c(C(C)C)c2c1. The Morgan fingerprint density at radius 2 is 2.17 bits per heavy atom. The smallest absolute Gasteiger partial charge is 0.208 e. The number of hydrogen-bond donors (Lipinski definition) is 0. The number of nitriles is 1. The van der Waals surface area contributed by atoms with Crippen molar-refractivity contribution >= 4 is 11.0 Å². The number of benzene rings is 1. The number of ether oxygens (including phenoxy) is 1. The number of methoxy groups -OCH3 is 1. The van der Waals surface area contributed by atoms with Gasteiger partial charge in [0, 0.05) is 18.1 Å². The minimum absolute atomic E-state index is 0.276. The average Bonchev–Trinajstić information content (AvgIpc) is 2.73. The first-order valence-electron chi connectivity index (χ1n) is 6.11. The van der Waals surface area contributed by atoms with Gasteiger partial charge < -0.3 is 9.15 Å². The highest BCUT2D eigenvalue weighted by Crippen LogP contribution is 2.32. The molecule has 2 aromatic rings. The molecule has 1 aromatic heterocycles. The van der Waals surface area contributed by atoms with Gasteiger partial charge in [0.1, 0.15) is 11.7 Å². The third-order valence-electron chi connectivity index (χ3n) is 3.06. The molecule has 0 radical (unpaired) electrons. The molecule has 1 heterocycles. The molecule has 0 saturated heterocycles. The molecule has 0 aliphatic heterocycles. The van der Waals surface area contributed by atoms with Crippen molar-refractivity contribution in [1.82, 2.24) is 0 Å². The molecule has 1 aromatic carbocycles. The molecule has 0 N–H and O–H groups in total. The molecule has 0 saturated carbocycles. The van der Waals surface area contributed by atoms with Gasteiger partial charge in [-0.25, -0.2) is 0 Å². The molecular weight excluding hydrogens is 226 g/mol. The van der Waals surface area contributed by atoms with Crippen LogP contribution in [0.15, 0.2) is 22.6 Å². The first kappa shape index (κ1) is 12.7. The minimum atomic E-state index is 0.276. The maximum atomic E-state index is 9.12. The summed E-state index contributed by atoms with van der Waals surface area (Å²) in [7, 11) is 1.70. The Bertz CT molecular complexity index is 590. The molecule has 0 amide bonds. The van der Waals surface area contributed by atoms with Crippen LogP contribution in [0.3, 0.4) is 0 Å². The summed E-state index contributed by atoms with van der Waals surface area (Å²) in [5, 5.41) is 10.2. The molecule has 18 heavy (non-hydrogen) atoms. The van der Waals surface area contributed by atoms with Crippen LogP contribution in [0.2, 0.25) is 0 Å². The lowest BCUT2D eigenvalue weighted by molar-refractivity contribution is 0.202. The monoisotopic (exact) mass is 243 g/mol. The molecule has 0 bridgehead atoms. The molecule has 3 nitrogen and oxygen atoms in total. The van der Waals surface area contributed by atoms with E-state index in [1.54, 1.807) is 7.11 Å². The van der Waals surface area contributed by atoms with Crippen LogP contribution in [0.5, 0.6) is 0 Å². The number of rotatable bonds is 4. The van der Waals surface area contributed by atoms with Crippen molar-refractivity contribution in [3.63, 3.8) is 0 Å². The van der Waals surface area contributed by atoms with Gasteiger partial charge in [0.15, 0.2) is 0 Å². The summed E-state index contributed by atoms with van der Waals surface area (Å²) in [6.45, 7) is 4.85. The largest absolute Gasteiger partial charge is 0.445 e.